The second kappa shape index (κ2) is 6.54. The molecule has 1 unspecified atom stereocenters. The first-order valence-electron chi connectivity index (χ1n) is 7.08. The summed E-state index contributed by atoms with van der Waals surface area (Å²) in [6.07, 6.45) is -0.388. The van der Waals surface area contributed by atoms with E-state index in [4.69, 9.17) is 4.74 Å². The number of rotatable bonds is 6. The Bertz CT molecular complexity index is 751. The van der Waals surface area contributed by atoms with Gasteiger partial charge >= 0.3 is 0 Å². The van der Waals surface area contributed by atoms with Gasteiger partial charge in [0, 0.05) is 12.5 Å². The zero-order valence-electron chi connectivity index (χ0n) is 12.9. The zero-order valence-corrected chi connectivity index (χ0v) is 13.7. The maximum Gasteiger partial charge on any atom is 0.235 e. The van der Waals surface area contributed by atoms with E-state index in [1.807, 2.05) is 26.0 Å². The van der Waals surface area contributed by atoms with Crippen LogP contribution in [0, 0.1) is 5.92 Å². The second-order valence-electron chi connectivity index (χ2n) is 5.58. The molecule has 0 bridgehead atoms. The third kappa shape index (κ3) is 3.69. The molecule has 0 saturated heterocycles. The fraction of sp³-hybridized carbons (Fsp3) is 0.375. The normalized spacial score (nSPS) is 13.5. The van der Waals surface area contributed by atoms with Crippen molar-refractivity contribution in [2.24, 2.45) is 5.92 Å². The number of phenolic OH excluding ortho intramolecular Hbond substituents is 1. The SMILES string of the molecule is COC(CS(=O)(=O)Nc1cccc2cccc(O)c12)C(C)C. The molecule has 0 heterocycles. The molecule has 0 aromatic heterocycles. The number of nitrogens with one attached hydrogen (secondary N) is 1. The van der Waals surface area contributed by atoms with Crippen LogP contribution in [0.2, 0.25) is 0 Å². The minimum atomic E-state index is -3.59. The highest BCUT2D eigenvalue weighted by Crippen LogP contribution is 2.32. The van der Waals surface area contributed by atoms with E-state index in [0.717, 1.165) is 5.39 Å². The molecule has 120 valence electrons. The largest absolute Gasteiger partial charge is 0.507 e. The molecule has 2 N–H and O–H groups in total. The molecule has 0 radical (unpaired) electrons. The topological polar surface area (TPSA) is 75.6 Å². The van der Waals surface area contributed by atoms with Crippen molar-refractivity contribution in [2.45, 2.75) is 20.0 Å². The molecule has 5 nitrogen and oxygen atoms in total. The first kappa shape index (κ1) is 16.6. The van der Waals surface area contributed by atoms with Crippen LogP contribution in [0.1, 0.15) is 13.8 Å². The highest BCUT2D eigenvalue weighted by molar-refractivity contribution is 7.92. The summed E-state index contributed by atoms with van der Waals surface area (Å²) in [7, 11) is -2.08. The summed E-state index contributed by atoms with van der Waals surface area (Å²) in [4.78, 5) is 0. The van der Waals surface area contributed by atoms with Gasteiger partial charge in [-0.05, 0) is 23.4 Å². The smallest absolute Gasteiger partial charge is 0.235 e. The molecule has 1 atom stereocenters. The van der Waals surface area contributed by atoms with Gasteiger partial charge in [0.15, 0.2) is 0 Å². The van der Waals surface area contributed by atoms with Gasteiger partial charge in [0.05, 0.1) is 17.5 Å². The minimum absolute atomic E-state index is 0.0444. The number of phenols is 1. The average Bonchev–Trinajstić information content (AvgIpc) is 2.44. The summed E-state index contributed by atoms with van der Waals surface area (Å²) in [5.41, 5.74) is 0.370. The average molecular weight is 323 g/mol. The molecular weight excluding hydrogens is 302 g/mol. The number of anilines is 1. The maximum atomic E-state index is 12.4. The van der Waals surface area contributed by atoms with Gasteiger partial charge in [-0.25, -0.2) is 8.42 Å². The maximum absolute atomic E-state index is 12.4. The van der Waals surface area contributed by atoms with Crippen LogP contribution in [0.4, 0.5) is 5.69 Å². The Kier molecular flexibility index (Phi) is 4.93. The predicted molar refractivity (Wildman–Crippen MR) is 88.7 cm³/mol. The summed E-state index contributed by atoms with van der Waals surface area (Å²) in [5.74, 6) is -0.00374. The molecule has 0 aliphatic carbocycles. The van der Waals surface area contributed by atoms with E-state index in [-0.39, 0.29) is 23.5 Å². The molecule has 22 heavy (non-hydrogen) atoms. The molecule has 0 spiro atoms. The third-order valence-corrected chi connectivity index (χ3v) is 4.88. The number of aromatic hydroxyl groups is 1. The summed E-state index contributed by atoms with van der Waals surface area (Å²) >= 11 is 0. The Morgan fingerprint density at radius 2 is 1.82 bits per heavy atom. The molecule has 6 heteroatoms. The van der Waals surface area contributed by atoms with Crippen LogP contribution in [0.15, 0.2) is 36.4 Å². The fourth-order valence-corrected chi connectivity index (χ4v) is 3.91. The van der Waals surface area contributed by atoms with Crippen LogP contribution >= 0.6 is 0 Å². The molecule has 0 amide bonds. The highest BCUT2D eigenvalue weighted by atomic mass is 32.2. The van der Waals surface area contributed by atoms with E-state index in [1.54, 1.807) is 18.2 Å². The van der Waals surface area contributed by atoms with E-state index < -0.39 is 10.0 Å². The van der Waals surface area contributed by atoms with Crippen molar-refractivity contribution in [1.29, 1.82) is 0 Å². The Morgan fingerprint density at radius 3 is 2.41 bits per heavy atom. The van der Waals surface area contributed by atoms with Crippen LogP contribution in [-0.2, 0) is 14.8 Å². The van der Waals surface area contributed by atoms with E-state index in [1.165, 1.54) is 13.2 Å². The van der Waals surface area contributed by atoms with Gasteiger partial charge in [0.1, 0.15) is 5.75 Å². The Balaban J connectivity index is 2.34. The highest BCUT2D eigenvalue weighted by Gasteiger charge is 2.22. The lowest BCUT2D eigenvalue weighted by molar-refractivity contribution is 0.0829. The molecule has 2 aromatic rings. The first-order chi connectivity index (χ1) is 10.3. The Hall–Kier alpha value is -1.79. The number of sulfonamides is 1. The number of hydrogen-bond donors (Lipinski definition) is 2. The van der Waals surface area contributed by atoms with Crippen LogP contribution in [-0.4, -0.2) is 32.5 Å². The number of ether oxygens (including phenoxy) is 1. The van der Waals surface area contributed by atoms with Crippen molar-refractivity contribution in [3.63, 3.8) is 0 Å². The summed E-state index contributed by atoms with van der Waals surface area (Å²) < 4.78 is 32.5. The van der Waals surface area contributed by atoms with Crippen LogP contribution in [0.3, 0.4) is 0 Å². The molecule has 0 fully saturated rings. The van der Waals surface area contributed by atoms with Crippen molar-refractivity contribution < 1.29 is 18.3 Å². The van der Waals surface area contributed by atoms with Gasteiger partial charge in [-0.15, -0.1) is 0 Å². The fourth-order valence-electron chi connectivity index (χ4n) is 2.36. The first-order valence-corrected chi connectivity index (χ1v) is 8.73. The van der Waals surface area contributed by atoms with E-state index >= 15 is 0 Å². The molecule has 0 aliphatic heterocycles. The van der Waals surface area contributed by atoms with Gasteiger partial charge in [0.25, 0.3) is 0 Å². The summed E-state index contributed by atoms with van der Waals surface area (Å²) in [6.45, 7) is 3.82. The van der Waals surface area contributed by atoms with Gasteiger partial charge in [0.2, 0.25) is 10.0 Å². The number of benzene rings is 2. The quantitative estimate of drug-likeness (QED) is 0.857. The standard InChI is InChI=1S/C16H21NO4S/c1-11(2)15(21-3)10-22(19,20)17-13-8-4-6-12-7-5-9-14(18)16(12)13/h4-9,11,15,17-18H,10H2,1-3H3. The van der Waals surface area contributed by atoms with Crippen LogP contribution in [0.5, 0.6) is 5.75 Å². The third-order valence-electron chi connectivity index (χ3n) is 3.58. The lowest BCUT2D eigenvalue weighted by Gasteiger charge is -2.20. The lowest BCUT2D eigenvalue weighted by atomic mass is 10.1. The Morgan fingerprint density at radius 1 is 1.18 bits per heavy atom. The van der Waals surface area contributed by atoms with Crippen molar-refractivity contribution in [3.05, 3.63) is 36.4 Å². The molecular formula is C16H21NO4S. The molecule has 0 aliphatic rings. The van der Waals surface area contributed by atoms with Crippen molar-refractivity contribution in [3.8, 4) is 5.75 Å². The van der Waals surface area contributed by atoms with Gasteiger partial charge in [-0.1, -0.05) is 38.1 Å². The monoisotopic (exact) mass is 323 g/mol. The molecule has 0 saturated carbocycles. The van der Waals surface area contributed by atoms with E-state index in [9.17, 15) is 13.5 Å². The number of fused-ring (bicyclic) bond motifs is 1. The van der Waals surface area contributed by atoms with E-state index in [0.29, 0.717) is 11.1 Å². The summed E-state index contributed by atoms with van der Waals surface area (Å²) in [6, 6.07) is 10.3. The van der Waals surface area contributed by atoms with Crippen LogP contribution in [0.25, 0.3) is 10.8 Å². The van der Waals surface area contributed by atoms with Gasteiger partial charge in [-0.2, -0.15) is 0 Å². The van der Waals surface area contributed by atoms with Crippen LogP contribution < -0.4 is 4.72 Å². The van der Waals surface area contributed by atoms with Gasteiger partial charge < -0.3 is 9.84 Å². The minimum Gasteiger partial charge on any atom is -0.507 e. The molecule has 2 rings (SSSR count). The Labute approximate surface area is 131 Å². The number of hydrogen-bond acceptors (Lipinski definition) is 4. The second-order valence-corrected chi connectivity index (χ2v) is 7.35. The molecule has 2 aromatic carbocycles. The van der Waals surface area contributed by atoms with Crippen molar-refractivity contribution in [2.75, 3.05) is 17.6 Å². The summed E-state index contributed by atoms with van der Waals surface area (Å²) in [5, 5.41) is 11.3. The predicted octanol–water partition coefficient (Wildman–Crippen LogP) is 2.96. The van der Waals surface area contributed by atoms with Crippen molar-refractivity contribution >= 4 is 26.5 Å². The van der Waals surface area contributed by atoms with Gasteiger partial charge in [-0.3, -0.25) is 4.72 Å². The van der Waals surface area contributed by atoms with Crippen molar-refractivity contribution in [1.82, 2.24) is 0 Å². The zero-order chi connectivity index (χ0) is 16.3. The number of methoxy groups -OCH3 is 1. The lowest BCUT2D eigenvalue weighted by Crippen LogP contribution is -2.31. The van der Waals surface area contributed by atoms with E-state index in [2.05, 4.69) is 4.72 Å².